The molecule has 2 rings (SSSR count). The predicted octanol–water partition coefficient (Wildman–Crippen LogP) is 4.40. The molecule has 0 bridgehead atoms. The Kier molecular flexibility index (Phi) is 5.50. The van der Waals surface area contributed by atoms with Gasteiger partial charge in [0.15, 0.2) is 6.10 Å². The summed E-state index contributed by atoms with van der Waals surface area (Å²) in [5, 5.41) is 2.83. The first-order valence-electron chi connectivity index (χ1n) is 8.02. The fourth-order valence-corrected chi connectivity index (χ4v) is 2.27. The van der Waals surface area contributed by atoms with Crippen molar-refractivity contribution in [3.8, 4) is 11.5 Å². The van der Waals surface area contributed by atoms with Crippen molar-refractivity contribution in [2.45, 2.75) is 39.2 Å². The lowest BCUT2D eigenvalue weighted by Crippen LogP contribution is -2.30. The van der Waals surface area contributed by atoms with Gasteiger partial charge in [0.1, 0.15) is 11.5 Å². The van der Waals surface area contributed by atoms with Crippen LogP contribution in [0.1, 0.15) is 33.3 Å². The fourth-order valence-electron chi connectivity index (χ4n) is 2.27. The molecule has 0 spiro atoms. The van der Waals surface area contributed by atoms with Crippen LogP contribution in [-0.2, 0) is 10.2 Å². The molecule has 4 heteroatoms. The van der Waals surface area contributed by atoms with Crippen molar-refractivity contribution in [3.05, 3.63) is 54.1 Å². The van der Waals surface area contributed by atoms with Crippen LogP contribution in [0.25, 0.3) is 0 Å². The summed E-state index contributed by atoms with van der Waals surface area (Å²) < 4.78 is 11.0. The van der Waals surface area contributed by atoms with Crippen LogP contribution in [0.5, 0.6) is 11.5 Å². The molecule has 1 unspecified atom stereocenters. The second-order valence-electron chi connectivity index (χ2n) is 6.72. The van der Waals surface area contributed by atoms with Gasteiger partial charge in [0, 0.05) is 0 Å². The van der Waals surface area contributed by atoms with Crippen LogP contribution in [0.4, 0.5) is 5.69 Å². The first-order chi connectivity index (χ1) is 11.3. The van der Waals surface area contributed by atoms with E-state index in [1.807, 2.05) is 36.4 Å². The van der Waals surface area contributed by atoms with Crippen LogP contribution >= 0.6 is 0 Å². The van der Waals surface area contributed by atoms with Crippen LogP contribution in [-0.4, -0.2) is 19.1 Å². The van der Waals surface area contributed by atoms with Gasteiger partial charge in [-0.1, -0.05) is 45.0 Å². The molecule has 0 saturated heterocycles. The van der Waals surface area contributed by atoms with Gasteiger partial charge < -0.3 is 14.8 Å². The maximum atomic E-state index is 12.3. The Labute approximate surface area is 143 Å². The minimum absolute atomic E-state index is 0.0887. The second kappa shape index (κ2) is 7.39. The summed E-state index contributed by atoms with van der Waals surface area (Å²) in [6.07, 6.45) is -0.615. The normalized spacial score (nSPS) is 12.4. The molecule has 0 aliphatic heterocycles. The number of nitrogens with one attached hydrogen (secondary N) is 1. The van der Waals surface area contributed by atoms with E-state index in [2.05, 4.69) is 26.1 Å². The van der Waals surface area contributed by atoms with Crippen LogP contribution in [0.15, 0.2) is 48.5 Å². The van der Waals surface area contributed by atoms with E-state index in [-0.39, 0.29) is 11.3 Å². The average Bonchev–Trinajstić information content (AvgIpc) is 2.55. The van der Waals surface area contributed by atoms with Gasteiger partial charge in [0.25, 0.3) is 5.91 Å². The van der Waals surface area contributed by atoms with Crippen molar-refractivity contribution in [2.24, 2.45) is 0 Å². The minimum atomic E-state index is -0.615. The number of para-hydroxylation sites is 2. The van der Waals surface area contributed by atoms with Crippen molar-refractivity contribution in [1.29, 1.82) is 0 Å². The lowest BCUT2D eigenvalue weighted by atomic mass is 9.87. The molecule has 0 aliphatic carbocycles. The summed E-state index contributed by atoms with van der Waals surface area (Å²) in [4.78, 5) is 12.3. The molecule has 0 heterocycles. The maximum absolute atomic E-state index is 12.3. The fraction of sp³-hybridized carbons (Fsp3) is 0.350. The van der Waals surface area contributed by atoms with Crippen LogP contribution in [0, 0.1) is 0 Å². The standard InChI is InChI=1S/C20H25NO3/c1-14(19(22)21-17-8-6-7-9-18(17)23-5)24-16-12-10-15(11-13-16)20(2,3)4/h6-14H,1-5H3,(H,21,22). The zero-order chi connectivity index (χ0) is 17.7. The summed E-state index contributed by atoms with van der Waals surface area (Å²) in [6.45, 7) is 8.20. The van der Waals surface area contributed by atoms with E-state index in [1.54, 1.807) is 26.2 Å². The molecular weight excluding hydrogens is 302 g/mol. The van der Waals surface area contributed by atoms with Gasteiger partial charge in [0.05, 0.1) is 12.8 Å². The van der Waals surface area contributed by atoms with E-state index in [0.717, 1.165) is 0 Å². The van der Waals surface area contributed by atoms with Gasteiger partial charge in [-0.25, -0.2) is 0 Å². The van der Waals surface area contributed by atoms with Gasteiger partial charge in [-0.05, 0) is 42.2 Å². The Morgan fingerprint density at radius 3 is 2.25 bits per heavy atom. The van der Waals surface area contributed by atoms with Crippen LogP contribution in [0.2, 0.25) is 0 Å². The number of amides is 1. The van der Waals surface area contributed by atoms with Crippen LogP contribution in [0.3, 0.4) is 0 Å². The molecule has 1 N–H and O–H groups in total. The van der Waals surface area contributed by atoms with Gasteiger partial charge >= 0.3 is 0 Å². The summed E-state index contributed by atoms with van der Waals surface area (Å²) in [6, 6.07) is 15.1. The van der Waals surface area contributed by atoms with E-state index < -0.39 is 6.10 Å². The second-order valence-corrected chi connectivity index (χ2v) is 6.72. The number of hydrogen-bond acceptors (Lipinski definition) is 3. The number of hydrogen-bond donors (Lipinski definition) is 1. The van der Waals surface area contributed by atoms with Gasteiger partial charge in [-0.2, -0.15) is 0 Å². The molecule has 24 heavy (non-hydrogen) atoms. The van der Waals surface area contributed by atoms with E-state index >= 15 is 0 Å². The topological polar surface area (TPSA) is 47.6 Å². The molecule has 0 aliphatic rings. The molecular formula is C20H25NO3. The third kappa shape index (κ3) is 4.51. The number of carbonyl (C=O) groups is 1. The highest BCUT2D eigenvalue weighted by atomic mass is 16.5. The molecule has 4 nitrogen and oxygen atoms in total. The first kappa shape index (κ1) is 17.9. The Morgan fingerprint density at radius 1 is 1.04 bits per heavy atom. The molecule has 128 valence electrons. The van der Waals surface area contributed by atoms with E-state index in [9.17, 15) is 4.79 Å². The molecule has 0 aromatic heterocycles. The Morgan fingerprint density at radius 2 is 1.67 bits per heavy atom. The molecule has 0 saturated carbocycles. The number of benzene rings is 2. The Hall–Kier alpha value is -2.49. The first-order valence-corrected chi connectivity index (χ1v) is 8.02. The number of anilines is 1. The quantitative estimate of drug-likeness (QED) is 0.885. The van der Waals surface area contributed by atoms with E-state index in [0.29, 0.717) is 17.2 Å². The van der Waals surface area contributed by atoms with Crippen LogP contribution < -0.4 is 14.8 Å². The van der Waals surface area contributed by atoms with Crippen molar-refractivity contribution < 1.29 is 14.3 Å². The largest absolute Gasteiger partial charge is 0.495 e. The monoisotopic (exact) mass is 327 g/mol. The molecule has 2 aromatic carbocycles. The molecule has 0 radical (unpaired) electrons. The highest BCUT2D eigenvalue weighted by molar-refractivity contribution is 5.95. The SMILES string of the molecule is COc1ccccc1NC(=O)C(C)Oc1ccc(C(C)(C)C)cc1. The average molecular weight is 327 g/mol. The molecule has 1 amide bonds. The highest BCUT2D eigenvalue weighted by Gasteiger charge is 2.17. The van der Waals surface area contributed by atoms with Crippen molar-refractivity contribution in [2.75, 3.05) is 12.4 Å². The van der Waals surface area contributed by atoms with Crippen molar-refractivity contribution in [1.82, 2.24) is 0 Å². The smallest absolute Gasteiger partial charge is 0.265 e. The molecule has 2 aromatic rings. The maximum Gasteiger partial charge on any atom is 0.265 e. The lowest BCUT2D eigenvalue weighted by Gasteiger charge is -2.20. The number of rotatable bonds is 5. The van der Waals surface area contributed by atoms with Gasteiger partial charge in [0.2, 0.25) is 0 Å². The zero-order valence-electron chi connectivity index (χ0n) is 14.9. The van der Waals surface area contributed by atoms with Crippen molar-refractivity contribution >= 4 is 11.6 Å². The summed E-state index contributed by atoms with van der Waals surface area (Å²) in [5.41, 5.74) is 1.94. The Balaban J connectivity index is 2.01. The summed E-state index contributed by atoms with van der Waals surface area (Å²) in [7, 11) is 1.57. The zero-order valence-corrected chi connectivity index (χ0v) is 14.9. The molecule has 1 atom stereocenters. The van der Waals surface area contributed by atoms with E-state index in [4.69, 9.17) is 9.47 Å². The summed E-state index contributed by atoms with van der Waals surface area (Å²) in [5.74, 6) is 1.07. The van der Waals surface area contributed by atoms with Gasteiger partial charge in [-0.15, -0.1) is 0 Å². The Bertz CT molecular complexity index is 687. The minimum Gasteiger partial charge on any atom is -0.495 e. The van der Waals surface area contributed by atoms with Gasteiger partial charge in [-0.3, -0.25) is 4.79 Å². The number of methoxy groups -OCH3 is 1. The lowest BCUT2D eigenvalue weighted by molar-refractivity contribution is -0.122. The third-order valence-electron chi connectivity index (χ3n) is 3.77. The molecule has 0 fully saturated rings. The van der Waals surface area contributed by atoms with Crippen molar-refractivity contribution in [3.63, 3.8) is 0 Å². The third-order valence-corrected chi connectivity index (χ3v) is 3.77. The predicted molar refractivity (Wildman–Crippen MR) is 96.9 cm³/mol. The summed E-state index contributed by atoms with van der Waals surface area (Å²) >= 11 is 0. The van der Waals surface area contributed by atoms with E-state index in [1.165, 1.54) is 5.56 Å². The number of ether oxygens (including phenoxy) is 2. The highest BCUT2D eigenvalue weighted by Crippen LogP contribution is 2.25. The number of carbonyl (C=O) groups excluding carboxylic acids is 1.